The summed E-state index contributed by atoms with van der Waals surface area (Å²) in [5.41, 5.74) is -3.89. The van der Waals surface area contributed by atoms with Gasteiger partial charge < -0.3 is 78.2 Å². The largest absolute Gasteiger partial charge is 0.477 e. The van der Waals surface area contributed by atoms with Gasteiger partial charge in [0.15, 0.2) is 12.6 Å². The summed E-state index contributed by atoms with van der Waals surface area (Å²) in [5.74, 6) is -3.99. The Morgan fingerprint density at radius 3 is 2.23 bits per heavy atom. The number of cyclic esters (lactones) is 1. The van der Waals surface area contributed by atoms with E-state index < -0.39 is 107 Å². The highest BCUT2D eigenvalue weighted by molar-refractivity contribution is 5.93. The van der Waals surface area contributed by atoms with E-state index in [2.05, 4.69) is 0 Å². The molecule has 77 heavy (non-hydrogen) atoms. The number of ether oxygens (including phenoxy) is 8. The third-order valence-electron chi connectivity index (χ3n) is 16.3. The number of esters is 1. The van der Waals surface area contributed by atoms with E-state index in [1.165, 1.54) is 13.1 Å². The Morgan fingerprint density at radius 1 is 0.935 bits per heavy atom. The average molecular weight is 1090 g/mol. The molecule has 20 nitrogen and oxygen atoms in total. The predicted molar refractivity (Wildman–Crippen MR) is 292 cm³/mol. The number of aliphatic hydroxyl groups is 4. The van der Waals surface area contributed by atoms with Crippen molar-refractivity contribution in [3.63, 3.8) is 0 Å². The lowest BCUT2D eigenvalue weighted by Gasteiger charge is -2.49. The van der Waals surface area contributed by atoms with Crippen LogP contribution in [0.3, 0.4) is 0 Å². The molecule has 0 unspecified atom stereocenters. The number of unbranched alkanes of at least 4 members (excludes halogenated alkanes) is 1. The van der Waals surface area contributed by atoms with Crippen LogP contribution in [0.1, 0.15) is 124 Å². The number of nitrogens with zero attached hydrogens (tertiary/aromatic N) is 4. The topological polar surface area (TPSA) is 241 Å². The van der Waals surface area contributed by atoms with E-state index in [1.807, 2.05) is 83.8 Å². The van der Waals surface area contributed by atoms with E-state index in [0.717, 1.165) is 5.56 Å². The zero-order chi connectivity index (χ0) is 57.5. The summed E-state index contributed by atoms with van der Waals surface area (Å²) in [6.07, 6.45) is -1.54. The molecule has 3 fully saturated rings. The van der Waals surface area contributed by atoms with Gasteiger partial charge in [0.2, 0.25) is 5.43 Å². The summed E-state index contributed by atoms with van der Waals surface area (Å²) >= 11 is 0. The van der Waals surface area contributed by atoms with Crippen molar-refractivity contribution in [2.75, 3.05) is 73.7 Å². The molecule has 5 N–H and O–H groups in total. The second-order valence-corrected chi connectivity index (χ2v) is 23.3. The number of carbonyl (C=O) groups excluding carboxylic acids is 1. The Labute approximate surface area is 456 Å². The van der Waals surface area contributed by atoms with Gasteiger partial charge in [-0.25, -0.2) is 4.79 Å². The number of carboxylic acid groups (broad SMARTS) is 1. The maximum atomic E-state index is 14.6. The van der Waals surface area contributed by atoms with E-state index >= 15 is 0 Å². The van der Waals surface area contributed by atoms with Gasteiger partial charge in [0.25, 0.3) is 0 Å². The number of aliphatic hydroxyl groups excluding tert-OH is 2. The van der Waals surface area contributed by atoms with Crippen LogP contribution in [0.4, 0.5) is 0 Å². The third-order valence-corrected chi connectivity index (χ3v) is 16.3. The summed E-state index contributed by atoms with van der Waals surface area (Å²) in [7, 11) is 10.7. The molecular weight excluding hydrogens is 997 g/mol. The van der Waals surface area contributed by atoms with Crippen LogP contribution in [0.5, 0.6) is 0 Å². The fourth-order valence-electron chi connectivity index (χ4n) is 11.8. The first-order chi connectivity index (χ1) is 36.0. The fraction of sp³-hybridized carbons (Fsp3) is 0.772. The van der Waals surface area contributed by atoms with Crippen molar-refractivity contribution < 1.29 is 73.0 Å². The first-order valence-electron chi connectivity index (χ1n) is 27.5. The zero-order valence-electron chi connectivity index (χ0n) is 48.7. The van der Waals surface area contributed by atoms with Gasteiger partial charge in [0.1, 0.15) is 35.6 Å². The Morgan fingerprint density at radius 2 is 1.61 bits per heavy atom. The number of rotatable bonds is 18. The monoisotopic (exact) mass is 1090 g/mol. The molecule has 2 aromatic rings. The van der Waals surface area contributed by atoms with Crippen molar-refractivity contribution in [1.82, 2.24) is 14.5 Å². The molecule has 1 aromatic carbocycles. The van der Waals surface area contributed by atoms with Crippen LogP contribution >= 0.6 is 0 Å². The molecule has 1 aromatic heterocycles. The number of benzene rings is 1. The minimum Gasteiger partial charge on any atom is -0.477 e. The number of likely N-dealkylation sites (N-methyl/N-ethyl adjacent to an activating group) is 2. The highest BCUT2D eigenvalue weighted by Crippen LogP contribution is 2.41. The summed E-state index contributed by atoms with van der Waals surface area (Å²) in [6, 6.07) is 4.45. The first-order valence-corrected chi connectivity index (χ1v) is 27.5. The molecule has 0 bridgehead atoms. The van der Waals surface area contributed by atoms with Gasteiger partial charge in [-0.05, 0) is 125 Å². The standard InChI is InChI=1S/C57H94N4O16/c1-17-44-57(10,69)49(64)37(6)60(15)31-33(2)29-55(8,68)50(77-54-47(63)43(58(11)12)27-34(3)73-54)35(4)48(36(5)53(67)75-44)76-45-30-56(9,70-16)51(38(7)74-45)72-26-19-18-24-71-25-20-21-39-22-23-42-40(28-39)46(62)41(52(65)66)32-61(42)59(13)14/h20-23,28,32-38,43-45,47-51,54,63-64,68-69H,17-19,24-27,29-31H2,1-16H3,(H,65,66)/b21-20+/t33-,34-,35+,36-,37-,38+,43+,44-,45+,47-,48+,49-,50-,51+,54+,55-,56-,57-/m1/s1. The highest BCUT2D eigenvalue weighted by atomic mass is 16.7. The highest BCUT2D eigenvalue weighted by Gasteiger charge is 2.53. The van der Waals surface area contributed by atoms with E-state index in [9.17, 15) is 39.9 Å². The lowest BCUT2D eigenvalue weighted by atomic mass is 9.77. The minimum atomic E-state index is -1.84. The maximum Gasteiger partial charge on any atom is 0.341 e. The van der Waals surface area contributed by atoms with Gasteiger partial charge in [0.05, 0.1) is 53.7 Å². The molecule has 0 spiro atoms. The molecule has 438 valence electrons. The quantitative estimate of drug-likeness (QED) is 0.101. The Bertz CT molecular complexity index is 2330. The van der Waals surface area contributed by atoms with Crippen molar-refractivity contribution in [3.05, 3.63) is 51.8 Å². The second kappa shape index (κ2) is 27.2. The molecule has 3 aliphatic rings. The summed E-state index contributed by atoms with van der Waals surface area (Å²) in [5, 5.41) is 59.8. The van der Waals surface area contributed by atoms with Crippen LogP contribution in [0.25, 0.3) is 17.0 Å². The number of fused-ring (bicyclic) bond motifs is 1. The minimum absolute atomic E-state index is 0.175. The first kappa shape index (κ1) is 64.2. The number of pyridine rings is 1. The van der Waals surface area contributed by atoms with E-state index in [-0.39, 0.29) is 42.9 Å². The van der Waals surface area contributed by atoms with Crippen LogP contribution in [0, 0.1) is 17.8 Å². The number of hydrogen-bond donors (Lipinski definition) is 5. The van der Waals surface area contributed by atoms with E-state index in [0.29, 0.717) is 56.5 Å². The van der Waals surface area contributed by atoms with Gasteiger partial charge in [-0.15, -0.1) is 0 Å². The molecule has 0 amide bonds. The molecule has 0 radical (unpaired) electrons. The van der Waals surface area contributed by atoms with Crippen molar-refractivity contribution in [2.45, 2.75) is 198 Å². The van der Waals surface area contributed by atoms with Crippen molar-refractivity contribution in [1.29, 1.82) is 0 Å². The molecule has 3 saturated heterocycles. The lowest BCUT2D eigenvalue weighted by molar-refractivity contribution is -0.320. The fourth-order valence-corrected chi connectivity index (χ4v) is 11.8. The number of aromatic nitrogens is 1. The van der Waals surface area contributed by atoms with Crippen LogP contribution in [0.2, 0.25) is 0 Å². The number of aromatic carboxylic acids is 1. The van der Waals surface area contributed by atoms with Gasteiger partial charge in [-0.1, -0.05) is 39.0 Å². The maximum absolute atomic E-state index is 14.6. The molecule has 18 atom stereocenters. The number of carbonyl (C=O) groups is 2. The summed E-state index contributed by atoms with van der Waals surface area (Å²) in [4.78, 5) is 43.2. The molecule has 20 heteroatoms. The molecule has 0 aliphatic carbocycles. The van der Waals surface area contributed by atoms with Gasteiger partial charge in [-0.3, -0.25) is 14.3 Å². The molecule has 0 saturated carbocycles. The van der Waals surface area contributed by atoms with Gasteiger partial charge in [-0.2, -0.15) is 0 Å². The van der Waals surface area contributed by atoms with E-state index in [4.69, 9.17) is 37.9 Å². The third kappa shape index (κ3) is 15.4. The number of hydrogen-bond acceptors (Lipinski definition) is 18. The average Bonchev–Trinajstić information content (AvgIpc) is 3.36. The van der Waals surface area contributed by atoms with Crippen LogP contribution < -0.4 is 10.4 Å². The summed E-state index contributed by atoms with van der Waals surface area (Å²) < 4.78 is 53.1. The predicted octanol–water partition coefficient (Wildman–Crippen LogP) is 4.65. The molecule has 5 rings (SSSR count). The van der Waals surface area contributed by atoms with Crippen molar-refractivity contribution >= 4 is 28.9 Å². The Hall–Kier alpha value is -3.61. The van der Waals surface area contributed by atoms with Crippen LogP contribution in [-0.4, -0.2) is 211 Å². The zero-order valence-corrected chi connectivity index (χ0v) is 48.7. The smallest absolute Gasteiger partial charge is 0.341 e. The summed E-state index contributed by atoms with van der Waals surface area (Å²) in [6.45, 7) is 19.6. The Balaban J connectivity index is 1.31. The van der Waals surface area contributed by atoms with E-state index in [1.54, 1.807) is 70.7 Å². The SMILES string of the molecule is CC[C@H]1OC(=O)[C@H](C)[C@@H](O[C@H]2C[C@@](C)(OC)[C@@H](OCCCCOC/C=C/c3ccc4c(c3)c(=O)c(C(=O)O)cn4N(C)C)[C@H](C)O2)[C@H](C)[C@@H](O[C@@H]2O[C@H](C)C[C@H](N(C)C)[C@H]2O)[C@](C)(O)C[C@@H](C)CN(C)[C@H](C)[C@@H](O)[C@]1(C)O. The van der Waals surface area contributed by atoms with Gasteiger partial charge in [0, 0.05) is 77.0 Å². The Kier molecular flexibility index (Phi) is 22.7. The molecular formula is C57H94N4O16. The normalized spacial score (nSPS) is 37.4. The molecule has 3 aliphatic heterocycles. The number of methoxy groups -OCH3 is 1. The van der Waals surface area contributed by atoms with Crippen molar-refractivity contribution in [3.8, 4) is 0 Å². The van der Waals surface area contributed by atoms with Crippen molar-refractivity contribution in [2.24, 2.45) is 17.8 Å². The molecule has 4 heterocycles. The second-order valence-electron chi connectivity index (χ2n) is 23.3. The lowest BCUT2D eigenvalue weighted by Crippen LogP contribution is -2.61. The van der Waals surface area contributed by atoms with Gasteiger partial charge >= 0.3 is 11.9 Å². The van der Waals surface area contributed by atoms with Crippen LogP contribution in [-0.2, 0) is 42.7 Å². The van der Waals surface area contributed by atoms with Crippen LogP contribution in [0.15, 0.2) is 35.3 Å². The number of carboxylic acids is 1.